The maximum atomic E-state index is 13.5. The Balaban J connectivity index is 2.14. The van der Waals surface area contributed by atoms with Crippen LogP contribution in [0.5, 0.6) is 0 Å². The number of nitrogens with one attached hydrogen (secondary N) is 1. The molecule has 3 nitrogen and oxygen atoms in total. The number of nitrogens with zero attached hydrogens (tertiary/aromatic N) is 1. The summed E-state index contributed by atoms with van der Waals surface area (Å²) in [4.78, 5) is 15.6. The summed E-state index contributed by atoms with van der Waals surface area (Å²) in [7, 11) is 0. The monoisotopic (exact) mass is 362 g/mol. The van der Waals surface area contributed by atoms with Gasteiger partial charge < -0.3 is 5.32 Å². The minimum absolute atomic E-state index is 0.0754. The van der Waals surface area contributed by atoms with Crippen molar-refractivity contribution >= 4 is 48.5 Å². The number of carbonyl (C=O) groups excluding carboxylic acids is 1. The molecule has 1 heterocycles. The molecule has 1 aromatic heterocycles. The number of alkyl halides is 1. The third-order valence-electron chi connectivity index (χ3n) is 2.74. The normalized spacial score (nSPS) is 12.6. The van der Waals surface area contributed by atoms with Crippen LogP contribution in [0, 0.1) is 11.6 Å². The summed E-state index contributed by atoms with van der Waals surface area (Å²) in [5.41, 5.74) is 0.0754. The van der Waals surface area contributed by atoms with E-state index in [-0.39, 0.29) is 21.4 Å². The number of aromatic nitrogens is 1. The van der Waals surface area contributed by atoms with Crippen molar-refractivity contribution in [1.82, 2.24) is 4.98 Å². The molecule has 20 heavy (non-hydrogen) atoms. The lowest BCUT2D eigenvalue weighted by Crippen LogP contribution is -2.22. The SMILES string of the molecule is CCCCC(Br)C(=O)Nc1nc2c(F)cc(F)cc2s1. The molecule has 1 amide bonds. The highest BCUT2D eigenvalue weighted by molar-refractivity contribution is 9.10. The van der Waals surface area contributed by atoms with Crippen molar-refractivity contribution in [2.24, 2.45) is 0 Å². The first-order valence-corrected chi connectivity index (χ1v) is 7.95. The molecular weight excluding hydrogens is 350 g/mol. The number of benzene rings is 1. The summed E-state index contributed by atoms with van der Waals surface area (Å²) in [6.07, 6.45) is 2.65. The second-order valence-electron chi connectivity index (χ2n) is 4.35. The third-order valence-corrected chi connectivity index (χ3v) is 4.53. The van der Waals surface area contributed by atoms with Gasteiger partial charge >= 0.3 is 0 Å². The van der Waals surface area contributed by atoms with Crippen molar-refractivity contribution in [1.29, 1.82) is 0 Å². The number of hydrogen-bond acceptors (Lipinski definition) is 3. The molecule has 108 valence electrons. The van der Waals surface area contributed by atoms with Crippen LogP contribution >= 0.6 is 27.3 Å². The van der Waals surface area contributed by atoms with Gasteiger partial charge in [-0.2, -0.15) is 0 Å². The smallest absolute Gasteiger partial charge is 0.239 e. The van der Waals surface area contributed by atoms with Gasteiger partial charge in [0.05, 0.1) is 9.53 Å². The Labute approximate surface area is 127 Å². The molecule has 0 aliphatic heterocycles. The van der Waals surface area contributed by atoms with Gasteiger partial charge in [0.25, 0.3) is 0 Å². The first-order chi connectivity index (χ1) is 9.51. The lowest BCUT2D eigenvalue weighted by atomic mass is 10.2. The summed E-state index contributed by atoms with van der Waals surface area (Å²) >= 11 is 4.35. The van der Waals surface area contributed by atoms with Gasteiger partial charge in [-0.1, -0.05) is 47.0 Å². The fourth-order valence-corrected chi connectivity index (χ4v) is 3.06. The number of carbonyl (C=O) groups is 1. The van der Waals surface area contributed by atoms with Gasteiger partial charge in [-0.15, -0.1) is 0 Å². The number of rotatable bonds is 5. The molecular formula is C13H13BrF2N2OS. The van der Waals surface area contributed by atoms with Crippen molar-refractivity contribution in [2.45, 2.75) is 31.0 Å². The molecule has 7 heteroatoms. The number of hydrogen-bond donors (Lipinski definition) is 1. The van der Waals surface area contributed by atoms with E-state index in [1.807, 2.05) is 6.92 Å². The Morgan fingerprint density at radius 3 is 2.95 bits per heavy atom. The van der Waals surface area contributed by atoms with Crippen molar-refractivity contribution in [2.75, 3.05) is 5.32 Å². The molecule has 0 saturated carbocycles. The Morgan fingerprint density at radius 2 is 2.25 bits per heavy atom. The van der Waals surface area contributed by atoms with Crippen LogP contribution in [0.2, 0.25) is 0 Å². The number of halogens is 3. The molecule has 2 rings (SSSR count). The fourth-order valence-electron chi connectivity index (χ4n) is 1.71. The largest absolute Gasteiger partial charge is 0.301 e. The second-order valence-corrected chi connectivity index (χ2v) is 6.49. The van der Waals surface area contributed by atoms with Crippen LogP contribution in [0.1, 0.15) is 26.2 Å². The van der Waals surface area contributed by atoms with Crippen LogP contribution in [0.15, 0.2) is 12.1 Å². The van der Waals surface area contributed by atoms with E-state index in [9.17, 15) is 13.6 Å². The van der Waals surface area contributed by atoms with E-state index >= 15 is 0 Å². The van der Waals surface area contributed by atoms with E-state index in [4.69, 9.17) is 0 Å². The molecule has 0 bridgehead atoms. The fraction of sp³-hybridized carbons (Fsp3) is 0.385. The molecule has 1 aromatic carbocycles. The van der Waals surface area contributed by atoms with Crippen LogP contribution in [-0.2, 0) is 4.79 Å². The van der Waals surface area contributed by atoms with Crippen LogP contribution < -0.4 is 5.32 Å². The zero-order chi connectivity index (χ0) is 14.7. The summed E-state index contributed by atoms with van der Waals surface area (Å²) < 4.78 is 27.0. The van der Waals surface area contributed by atoms with Crippen molar-refractivity contribution in [3.8, 4) is 0 Å². The van der Waals surface area contributed by atoms with Crippen molar-refractivity contribution in [3.63, 3.8) is 0 Å². The van der Waals surface area contributed by atoms with E-state index in [2.05, 4.69) is 26.2 Å². The summed E-state index contributed by atoms with van der Waals surface area (Å²) in [6.45, 7) is 2.04. The van der Waals surface area contributed by atoms with Gasteiger partial charge in [0.15, 0.2) is 10.9 Å². The van der Waals surface area contributed by atoms with Crippen LogP contribution in [0.25, 0.3) is 10.2 Å². The molecule has 0 aliphatic rings. The van der Waals surface area contributed by atoms with Crippen LogP contribution in [0.4, 0.5) is 13.9 Å². The quantitative estimate of drug-likeness (QED) is 0.797. The summed E-state index contributed by atoms with van der Waals surface area (Å²) in [6, 6.07) is 1.98. The number of amides is 1. The average Bonchev–Trinajstić information content (AvgIpc) is 2.78. The number of thiazole rings is 1. The van der Waals surface area contributed by atoms with E-state index in [0.29, 0.717) is 4.70 Å². The third kappa shape index (κ3) is 3.52. The second kappa shape index (κ2) is 6.58. The lowest BCUT2D eigenvalue weighted by Gasteiger charge is -2.07. The molecule has 0 saturated heterocycles. The summed E-state index contributed by atoms with van der Waals surface area (Å²) in [5.74, 6) is -1.60. The molecule has 0 radical (unpaired) electrons. The standard InChI is InChI=1S/C13H13BrF2N2OS/c1-2-3-4-8(14)12(19)18-13-17-11-9(16)5-7(15)6-10(11)20-13/h5-6,8H,2-4H2,1H3,(H,17,18,19). The first-order valence-electron chi connectivity index (χ1n) is 6.21. The van der Waals surface area contributed by atoms with Gasteiger partial charge in [0, 0.05) is 6.07 Å². The zero-order valence-corrected chi connectivity index (χ0v) is 13.2. The van der Waals surface area contributed by atoms with Gasteiger partial charge in [-0.25, -0.2) is 13.8 Å². The average molecular weight is 363 g/mol. The first kappa shape index (κ1) is 15.3. The maximum absolute atomic E-state index is 13.5. The Kier molecular flexibility index (Phi) is 5.04. The van der Waals surface area contributed by atoms with E-state index < -0.39 is 11.6 Å². The van der Waals surface area contributed by atoms with E-state index in [1.165, 1.54) is 6.07 Å². The Hall–Kier alpha value is -1.08. The maximum Gasteiger partial charge on any atom is 0.239 e. The molecule has 0 aliphatic carbocycles. The highest BCUT2D eigenvalue weighted by Crippen LogP contribution is 2.29. The molecule has 1 N–H and O–H groups in total. The number of unbranched alkanes of at least 4 members (excludes halogenated alkanes) is 1. The predicted octanol–water partition coefficient (Wildman–Crippen LogP) is 4.47. The van der Waals surface area contributed by atoms with Crippen molar-refractivity contribution < 1.29 is 13.6 Å². The van der Waals surface area contributed by atoms with E-state index in [1.54, 1.807) is 0 Å². The Morgan fingerprint density at radius 1 is 1.50 bits per heavy atom. The molecule has 0 spiro atoms. The molecule has 1 atom stereocenters. The highest BCUT2D eigenvalue weighted by atomic mass is 79.9. The van der Waals surface area contributed by atoms with Crippen LogP contribution in [0.3, 0.4) is 0 Å². The van der Waals surface area contributed by atoms with Crippen molar-refractivity contribution in [3.05, 3.63) is 23.8 Å². The van der Waals surface area contributed by atoms with Crippen LogP contribution in [-0.4, -0.2) is 15.7 Å². The van der Waals surface area contributed by atoms with Gasteiger partial charge in [-0.05, 0) is 12.5 Å². The van der Waals surface area contributed by atoms with Gasteiger partial charge in [-0.3, -0.25) is 4.79 Å². The van der Waals surface area contributed by atoms with E-state index in [0.717, 1.165) is 36.7 Å². The van der Waals surface area contributed by atoms with Gasteiger partial charge in [0.2, 0.25) is 5.91 Å². The number of anilines is 1. The van der Waals surface area contributed by atoms with Gasteiger partial charge in [0.1, 0.15) is 11.3 Å². The molecule has 0 fully saturated rings. The zero-order valence-electron chi connectivity index (χ0n) is 10.8. The minimum Gasteiger partial charge on any atom is -0.301 e. The topological polar surface area (TPSA) is 42.0 Å². The number of fused-ring (bicyclic) bond motifs is 1. The summed E-state index contributed by atoms with van der Waals surface area (Å²) in [5, 5.41) is 2.89. The molecule has 2 aromatic rings. The lowest BCUT2D eigenvalue weighted by molar-refractivity contribution is -0.115. The highest BCUT2D eigenvalue weighted by Gasteiger charge is 2.17. The predicted molar refractivity (Wildman–Crippen MR) is 80.4 cm³/mol. The molecule has 1 unspecified atom stereocenters. The minimum atomic E-state index is -0.724. The Bertz CT molecular complexity index is 632.